The summed E-state index contributed by atoms with van der Waals surface area (Å²) in [5, 5.41) is 7.50. The number of nitrogens with one attached hydrogen (secondary N) is 1. The zero-order valence-corrected chi connectivity index (χ0v) is 12.0. The lowest BCUT2D eigenvalue weighted by Gasteiger charge is -2.19. The molecule has 20 heavy (non-hydrogen) atoms. The predicted octanol–water partition coefficient (Wildman–Crippen LogP) is 2.65. The average Bonchev–Trinajstić information content (AvgIpc) is 2.46. The third-order valence-corrected chi connectivity index (χ3v) is 3.15. The molecular weight excluding hydrogens is 250 g/mol. The molecule has 0 radical (unpaired) electrons. The Morgan fingerprint density at radius 1 is 1.25 bits per heavy atom. The average molecular weight is 269 g/mol. The van der Waals surface area contributed by atoms with Crippen molar-refractivity contribution in [3.8, 4) is 0 Å². The Hall–Kier alpha value is -2.43. The van der Waals surface area contributed by atoms with E-state index in [9.17, 15) is 0 Å². The first-order chi connectivity index (χ1) is 9.49. The van der Waals surface area contributed by atoms with Crippen LogP contribution in [0.25, 0.3) is 0 Å². The summed E-state index contributed by atoms with van der Waals surface area (Å²) in [6.07, 6.45) is 1.58. The predicted molar refractivity (Wildman–Crippen MR) is 81.6 cm³/mol. The highest BCUT2D eigenvalue weighted by Gasteiger charge is 2.09. The molecule has 0 aliphatic heterocycles. The van der Waals surface area contributed by atoms with E-state index in [1.165, 1.54) is 0 Å². The number of hydrogen-bond donors (Lipinski definition) is 2. The lowest BCUT2D eigenvalue weighted by atomic mass is 10.1. The quantitative estimate of drug-likeness (QED) is 0.660. The van der Waals surface area contributed by atoms with Gasteiger partial charge in [-0.25, -0.2) is 9.97 Å². The summed E-state index contributed by atoms with van der Waals surface area (Å²) in [5.41, 5.74) is 8.17. The molecular formula is C15H19N5. The highest BCUT2D eigenvalue weighted by molar-refractivity contribution is 5.96. The van der Waals surface area contributed by atoms with E-state index in [2.05, 4.69) is 23.8 Å². The Labute approximate surface area is 119 Å². The number of nitrogens with two attached hydrogens (primary N) is 1. The van der Waals surface area contributed by atoms with Gasteiger partial charge in [-0.15, -0.1) is 0 Å². The van der Waals surface area contributed by atoms with Gasteiger partial charge in [0.2, 0.25) is 0 Å². The zero-order valence-electron chi connectivity index (χ0n) is 12.0. The molecule has 5 heteroatoms. The molecule has 2 aromatic rings. The van der Waals surface area contributed by atoms with E-state index >= 15 is 0 Å². The summed E-state index contributed by atoms with van der Waals surface area (Å²) in [7, 11) is 1.94. The number of nitrogen functional groups attached to an aromatic ring is 1. The molecule has 1 aromatic carbocycles. The Kier molecular flexibility index (Phi) is 3.98. The van der Waals surface area contributed by atoms with Crippen LogP contribution in [-0.2, 0) is 0 Å². The molecule has 0 bridgehead atoms. The van der Waals surface area contributed by atoms with Gasteiger partial charge in [-0.2, -0.15) is 0 Å². The second-order valence-corrected chi connectivity index (χ2v) is 4.98. The maximum absolute atomic E-state index is 7.50. The fraction of sp³-hybridized carbons (Fsp3) is 0.267. The molecule has 1 heterocycles. The van der Waals surface area contributed by atoms with Crippen LogP contribution in [0.2, 0.25) is 0 Å². The van der Waals surface area contributed by atoms with E-state index in [4.69, 9.17) is 11.1 Å². The first-order valence-electron chi connectivity index (χ1n) is 6.49. The van der Waals surface area contributed by atoms with Crippen molar-refractivity contribution < 1.29 is 0 Å². The van der Waals surface area contributed by atoms with E-state index in [0.717, 1.165) is 17.2 Å². The number of rotatable bonds is 4. The fourth-order valence-electron chi connectivity index (χ4n) is 1.88. The van der Waals surface area contributed by atoms with Gasteiger partial charge in [0.05, 0.1) is 0 Å². The topological polar surface area (TPSA) is 78.9 Å². The van der Waals surface area contributed by atoms with E-state index < -0.39 is 0 Å². The zero-order chi connectivity index (χ0) is 14.7. The monoisotopic (exact) mass is 269 g/mol. The first kappa shape index (κ1) is 14.0. The second kappa shape index (κ2) is 5.69. The van der Waals surface area contributed by atoms with Crippen molar-refractivity contribution >= 4 is 17.3 Å². The van der Waals surface area contributed by atoms with Gasteiger partial charge in [0.25, 0.3) is 0 Å². The molecule has 0 aliphatic carbocycles. The molecule has 1 aromatic heterocycles. The smallest absolute Gasteiger partial charge is 0.136 e. The van der Waals surface area contributed by atoms with Crippen LogP contribution in [0.3, 0.4) is 0 Å². The van der Waals surface area contributed by atoms with E-state index in [1.54, 1.807) is 6.33 Å². The van der Waals surface area contributed by atoms with Crippen LogP contribution in [-0.4, -0.2) is 22.9 Å². The third kappa shape index (κ3) is 2.93. The van der Waals surface area contributed by atoms with Crippen LogP contribution < -0.4 is 10.6 Å². The van der Waals surface area contributed by atoms with Crippen molar-refractivity contribution in [3.05, 3.63) is 47.9 Å². The summed E-state index contributed by atoms with van der Waals surface area (Å²) in [5.74, 6) is 1.24. The normalized spacial score (nSPS) is 10.6. The Balaban J connectivity index is 2.35. The minimum absolute atomic E-state index is 0.0609. The van der Waals surface area contributed by atoms with E-state index in [-0.39, 0.29) is 5.84 Å². The molecule has 0 atom stereocenters. The lowest BCUT2D eigenvalue weighted by Crippen LogP contribution is -2.15. The molecule has 0 spiro atoms. The molecule has 3 N–H and O–H groups in total. The molecule has 0 saturated heterocycles. The first-order valence-corrected chi connectivity index (χ1v) is 6.49. The second-order valence-electron chi connectivity index (χ2n) is 4.98. The van der Waals surface area contributed by atoms with Gasteiger partial charge in [-0.05, 0) is 18.1 Å². The van der Waals surface area contributed by atoms with Crippen LogP contribution >= 0.6 is 0 Å². The number of nitrogens with zero attached hydrogens (tertiary/aromatic N) is 3. The Morgan fingerprint density at radius 3 is 2.65 bits per heavy atom. The lowest BCUT2D eigenvalue weighted by molar-refractivity contribution is 0.812. The van der Waals surface area contributed by atoms with Crippen molar-refractivity contribution in [1.82, 2.24) is 9.97 Å². The van der Waals surface area contributed by atoms with Gasteiger partial charge in [0, 0.05) is 30.1 Å². The van der Waals surface area contributed by atoms with Gasteiger partial charge in [-0.1, -0.05) is 26.0 Å². The van der Waals surface area contributed by atoms with Gasteiger partial charge < -0.3 is 10.6 Å². The number of hydrogen-bond acceptors (Lipinski definition) is 4. The summed E-state index contributed by atoms with van der Waals surface area (Å²) in [6.45, 7) is 4.20. The van der Waals surface area contributed by atoms with Crippen molar-refractivity contribution in [2.45, 2.75) is 19.8 Å². The number of amidine groups is 1. The maximum atomic E-state index is 7.50. The highest BCUT2D eigenvalue weighted by atomic mass is 15.2. The van der Waals surface area contributed by atoms with E-state index in [0.29, 0.717) is 11.5 Å². The van der Waals surface area contributed by atoms with Crippen molar-refractivity contribution in [1.29, 1.82) is 5.41 Å². The van der Waals surface area contributed by atoms with Gasteiger partial charge in [-0.3, -0.25) is 5.41 Å². The van der Waals surface area contributed by atoms with Crippen LogP contribution in [0.1, 0.15) is 31.0 Å². The number of anilines is 2. The van der Waals surface area contributed by atoms with Crippen LogP contribution in [0.15, 0.2) is 36.7 Å². The van der Waals surface area contributed by atoms with Crippen LogP contribution in [0.4, 0.5) is 11.5 Å². The molecule has 0 aliphatic rings. The maximum Gasteiger partial charge on any atom is 0.136 e. The van der Waals surface area contributed by atoms with Gasteiger partial charge in [0.1, 0.15) is 18.0 Å². The largest absolute Gasteiger partial charge is 0.384 e. The van der Waals surface area contributed by atoms with Gasteiger partial charge >= 0.3 is 0 Å². The number of benzene rings is 1. The van der Waals surface area contributed by atoms with Crippen LogP contribution in [0.5, 0.6) is 0 Å². The molecule has 0 fully saturated rings. The molecule has 104 valence electrons. The van der Waals surface area contributed by atoms with Gasteiger partial charge in [0.15, 0.2) is 0 Å². The van der Waals surface area contributed by atoms with Crippen molar-refractivity contribution in [2.24, 2.45) is 5.73 Å². The highest BCUT2D eigenvalue weighted by Crippen LogP contribution is 2.24. The molecule has 2 rings (SSSR count). The standard InChI is InChI=1S/C15H19N5/c1-10(2)13-8-14(19-9-18-13)20(3)12-6-4-5-11(7-12)15(16)17/h4-10H,1-3H3,(H3,16,17). The van der Waals surface area contributed by atoms with Crippen molar-refractivity contribution in [3.63, 3.8) is 0 Å². The molecule has 0 saturated carbocycles. The summed E-state index contributed by atoms with van der Waals surface area (Å²) in [6, 6.07) is 9.51. The van der Waals surface area contributed by atoms with Crippen LogP contribution in [0, 0.1) is 5.41 Å². The SMILES string of the molecule is CC(C)c1cc(N(C)c2cccc(C(=N)N)c2)ncn1. The summed E-state index contributed by atoms with van der Waals surface area (Å²) in [4.78, 5) is 10.5. The Bertz CT molecular complexity index is 621. The number of aromatic nitrogens is 2. The molecule has 5 nitrogen and oxygen atoms in total. The third-order valence-electron chi connectivity index (χ3n) is 3.15. The molecule has 0 amide bonds. The van der Waals surface area contributed by atoms with Crippen molar-refractivity contribution in [2.75, 3.05) is 11.9 Å². The van der Waals surface area contributed by atoms with E-state index in [1.807, 2.05) is 42.3 Å². The summed E-state index contributed by atoms with van der Waals surface area (Å²) >= 11 is 0. The fourth-order valence-corrected chi connectivity index (χ4v) is 1.88. The minimum Gasteiger partial charge on any atom is -0.384 e. The minimum atomic E-state index is 0.0609. The Morgan fingerprint density at radius 2 is 2.00 bits per heavy atom. The summed E-state index contributed by atoms with van der Waals surface area (Å²) < 4.78 is 0. The molecule has 0 unspecified atom stereocenters.